The van der Waals surface area contributed by atoms with Crippen LogP contribution in [-0.2, 0) is 19.1 Å². The largest absolute Gasteiger partial charge is 0.375 e. The molecule has 3 fully saturated rings. The molecule has 6 heteroatoms. The molecule has 0 aromatic carbocycles. The summed E-state index contributed by atoms with van der Waals surface area (Å²) in [6.07, 6.45) is 19.4. The molecule has 1 N–H and O–H groups in total. The van der Waals surface area contributed by atoms with Crippen LogP contribution in [0.4, 0.5) is 0 Å². The van der Waals surface area contributed by atoms with E-state index in [2.05, 4.69) is 51.7 Å². The van der Waals surface area contributed by atoms with Gasteiger partial charge in [0.25, 0.3) is 0 Å². The van der Waals surface area contributed by atoms with Crippen molar-refractivity contribution in [1.82, 2.24) is 5.32 Å². The number of Topliss-reactive ketones (excluding diaryl/α,β-unsaturated/α-hetero) is 1. The summed E-state index contributed by atoms with van der Waals surface area (Å²) in [5, 5.41) is 3.01. The van der Waals surface area contributed by atoms with Crippen molar-refractivity contribution in [3.63, 3.8) is 0 Å². The van der Waals surface area contributed by atoms with Crippen molar-refractivity contribution in [1.29, 1.82) is 0 Å². The van der Waals surface area contributed by atoms with Crippen LogP contribution in [0.3, 0.4) is 0 Å². The lowest BCUT2D eigenvalue weighted by atomic mass is 9.47. The number of amides is 1. The van der Waals surface area contributed by atoms with Gasteiger partial charge in [0.15, 0.2) is 0 Å². The normalized spacial score (nSPS) is 33.5. The van der Waals surface area contributed by atoms with Crippen molar-refractivity contribution in [2.45, 2.75) is 176 Å². The minimum absolute atomic E-state index is 0.0620. The van der Waals surface area contributed by atoms with Crippen molar-refractivity contribution < 1.29 is 19.1 Å². The van der Waals surface area contributed by atoms with Gasteiger partial charge < -0.3 is 14.8 Å². The highest BCUT2D eigenvalue weighted by atomic mass is 32.1. The van der Waals surface area contributed by atoms with Crippen LogP contribution in [-0.4, -0.2) is 41.5 Å². The minimum Gasteiger partial charge on any atom is -0.375 e. The number of carbonyl (C=O) groups excluding carboxylic acids is 2. The fraction of sp³-hybridized carbons (Fsp3) is 0.900. The Balaban J connectivity index is 0.00000282. The molecule has 0 aromatic rings. The van der Waals surface area contributed by atoms with Gasteiger partial charge in [-0.15, -0.1) is 0 Å². The molecule has 8 atom stereocenters. The number of ketones is 1. The van der Waals surface area contributed by atoms with Gasteiger partial charge in [-0.3, -0.25) is 9.59 Å². The van der Waals surface area contributed by atoms with Gasteiger partial charge in [0, 0.05) is 12.8 Å². The Morgan fingerprint density at radius 2 is 1.76 bits per heavy atom. The summed E-state index contributed by atoms with van der Waals surface area (Å²) in [5.41, 5.74) is 1.93. The Morgan fingerprint density at radius 1 is 1.04 bits per heavy atom. The summed E-state index contributed by atoms with van der Waals surface area (Å²) in [6.45, 7) is 21.7. The Kier molecular flexibility index (Phi) is 14.4. The average Bonchev–Trinajstić information content (AvgIpc) is 3.30. The first-order valence-corrected chi connectivity index (χ1v) is 19.5. The number of fused-ring (bicyclic) bond motifs is 5. The number of hydrogen-bond acceptors (Lipinski definition) is 5. The Hall–Kier alpha value is -0.850. The van der Waals surface area contributed by atoms with Crippen LogP contribution in [0.5, 0.6) is 0 Å². The second kappa shape index (κ2) is 16.7. The van der Waals surface area contributed by atoms with Crippen LogP contribution in [0.2, 0.25) is 0 Å². The summed E-state index contributed by atoms with van der Waals surface area (Å²) < 4.78 is 12.1. The van der Waals surface area contributed by atoms with Gasteiger partial charge in [0.2, 0.25) is 5.91 Å². The van der Waals surface area contributed by atoms with Crippen LogP contribution in [0.1, 0.15) is 159 Å². The molecule has 1 amide bonds. The predicted molar refractivity (Wildman–Crippen MR) is 195 cm³/mol. The van der Waals surface area contributed by atoms with Crippen molar-refractivity contribution in [3.8, 4) is 0 Å². The van der Waals surface area contributed by atoms with E-state index in [0.29, 0.717) is 30.3 Å². The van der Waals surface area contributed by atoms with Gasteiger partial charge in [0.05, 0.1) is 23.2 Å². The van der Waals surface area contributed by atoms with E-state index in [9.17, 15) is 9.59 Å². The fourth-order valence-electron chi connectivity index (χ4n) is 10.1. The zero-order chi connectivity index (χ0) is 34.3. The second-order valence-electron chi connectivity index (χ2n) is 17.0. The van der Waals surface area contributed by atoms with Crippen LogP contribution in [0.15, 0.2) is 11.6 Å². The molecular formula is C40H71NO4S. The molecule has 0 aromatic heterocycles. The Morgan fingerprint density at radius 3 is 2.43 bits per heavy atom. The molecule has 8 unspecified atom stereocenters. The maximum Gasteiger partial charge on any atom is 0.247 e. The Labute approximate surface area is 289 Å². The molecule has 0 bridgehead atoms. The molecule has 46 heavy (non-hydrogen) atoms. The molecule has 0 aliphatic heterocycles. The first kappa shape index (κ1) is 39.6. The SMILES string of the molecule is CC.CC(=O)CC(C)(C)OCCC(C)(S)NC(=O)COC1CCC2(C)C(=CCC3C2CCC2(C)C(CCCCC(C)C)CCC32)C1. The van der Waals surface area contributed by atoms with Crippen molar-refractivity contribution in [2.24, 2.45) is 40.4 Å². The summed E-state index contributed by atoms with van der Waals surface area (Å²) in [6, 6.07) is 0. The van der Waals surface area contributed by atoms with E-state index in [4.69, 9.17) is 9.47 Å². The number of thiol groups is 1. The standard InChI is InChI=1S/C38H65NO4S.C2H6/c1-26(2)11-9-10-12-28-14-16-32-31-15-13-29-23-30(17-19-37(29,7)33(31)18-20-36(28,32)6)42-25-34(41)39-38(8,44)21-22-43-35(4,5)24-27(3)40;1-2/h13,26,28,30-33,44H,9-12,14-25H2,1-8H3,(H,39,41);1-2H3. The van der Waals surface area contributed by atoms with E-state index >= 15 is 0 Å². The number of carbonyl (C=O) groups is 2. The number of rotatable bonds is 15. The minimum atomic E-state index is -0.707. The van der Waals surface area contributed by atoms with E-state index in [1.807, 2.05) is 34.6 Å². The predicted octanol–water partition coefficient (Wildman–Crippen LogP) is 10.1. The summed E-state index contributed by atoms with van der Waals surface area (Å²) >= 11 is 4.68. The molecular weight excluding hydrogens is 591 g/mol. The summed E-state index contributed by atoms with van der Waals surface area (Å²) in [7, 11) is 0. The molecule has 0 radical (unpaired) electrons. The monoisotopic (exact) mass is 662 g/mol. The van der Waals surface area contributed by atoms with Crippen molar-refractivity contribution in [3.05, 3.63) is 11.6 Å². The number of ether oxygens (including phenoxy) is 2. The van der Waals surface area contributed by atoms with Crippen LogP contribution < -0.4 is 5.32 Å². The maximum atomic E-state index is 12.8. The Bertz CT molecular complexity index is 1040. The van der Waals surface area contributed by atoms with E-state index in [1.54, 1.807) is 12.5 Å². The molecule has 266 valence electrons. The van der Waals surface area contributed by atoms with Gasteiger partial charge >= 0.3 is 0 Å². The number of allylic oxidation sites excluding steroid dienone is 1. The van der Waals surface area contributed by atoms with E-state index < -0.39 is 10.5 Å². The van der Waals surface area contributed by atoms with Crippen LogP contribution >= 0.6 is 12.6 Å². The molecule has 3 saturated carbocycles. The molecule has 0 saturated heterocycles. The zero-order valence-corrected chi connectivity index (χ0v) is 32.3. The molecule has 0 heterocycles. The van der Waals surface area contributed by atoms with Gasteiger partial charge in [-0.1, -0.05) is 72.5 Å². The first-order chi connectivity index (χ1) is 21.5. The number of nitrogens with one attached hydrogen (secondary N) is 1. The fourth-order valence-corrected chi connectivity index (χ4v) is 10.3. The lowest BCUT2D eigenvalue weighted by molar-refractivity contribution is -0.130. The quantitative estimate of drug-likeness (QED) is 0.0794. The zero-order valence-electron chi connectivity index (χ0n) is 31.4. The van der Waals surface area contributed by atoms with Crippen molar-refractivity contribution in [2.75, 3.05) is 13.2 Å². The second-order valence-corrected chi connectivity index (χ2v) is 18.0. The molecule has 4 aliphatic rings. The summed E-state index contributed by atoms with van der Waals surface area (Å²) in [4.78, 5) is 23.6. The topological polar surface area (TPSA) is 64.6 Å². The smallest absolute Gasteiger partial charge is 0.247 e. The van der Waals surface area contributed by atoms with Gasteiger partial charge in [0.1, 0.15) is 12.4 Å². The third kappa shape index (κ3) is 10.1. The summed E-state index contributed by atoms with van der Waals surface area (Å²) in [5.74, 6) is 4.27. The van der Waals surface area contributed by atoms with E-state index in [0.717, 1.165) is 42.4 Å². The highest BCUT2D eigenvalue weighted by molar-refractivity contribution is 7.81. The highest BCUT2D eigenvalue weighted by Crippen LogP contribution is 2.66. The highest BCUT2D eigenvalue weighted by Gasteiger charge is 2.58. The molecule has 5 nitrogen and oxygen atoms in total. The number of hydrogen-bond donors (Lipinski definition) is 2. The molecule has 4 rings (SSSR count). The lowest BCUT2D eigenvalue weighted by Crippen LogP contribution is -2.50. The van der Waals surface area contributed by atoms with E-state index in [-0.39, 0.29) is 24.4 Å². The van der Waals surface area contributed by atoms with Gasteiger partial charge in [-0.2, -0.15) is 12.6 Å². The third-order valence-electron chi connectivity index (χ3n) is 12.5. The lowest BCUT2D eigenvalue weighted by Gasteiger charge is -2.58. The molecule has 0 spiro atoms. The first-order valence-electron chi connectivity index (χ1n) is 19.0. The van der Waals surface area contributed by atoms with E-state index in [1.165, 1.54) is 64.2 Å². The molecule has 4 aliphatic carbocycles. The average molecular weight is 662 g/mol. The van der Waals surface area contributed by atoms with Crippen molar-refractivity contribution >= 4 is 24.3 Å². The van der Waals surface area contributed by atoms with Gasteiger partial charge in [-0.05, 0) is 126 Å². The maximum absolute atomic E-state index is 12.8. The van der Waals surface area contributed by atoms with Crippen LogP contribution in [0, 0.1) is 40.4 Å². The van der Waals surface area contributed by atoms with Gasteiger partial charge in [-0.25, -0.2) is 0 Å². The third-order valence-corrected chi connectivity index (χ3v) is 12.8. The van der Waals surface area contributed by atoms with Crippen LogP contribution in [0.25, 0.3) is 0 Å². The number of unbranched alkanes of at least 4 members (excludes halogenated alkanes) is 1.